The van der Waals surface area contributed by atoms with Crippen molar-refractivity contribution in [2.75, 3.05) is 12.8 Å². The number of hydrogen-bond donors (Lipinski definition) is 3. The third-order valence-electron chi connectivity index (χ3n) is 3.09. The van der Waals surface area contributed by atoms with E-state index < -0.39 is 0 Å². The van der Waals surface area contributed by atoms with E-state index in [1.54, 1.807) is 25.6 Å². The second-order valence-corrected chi connectivity index (χ2v) is 4.22. The number of aromatic nitrogens is 1. The minimum atomic E-state index is -0.263. The van der Waals surface area contributed by atoms with Crippen LogP contribution in [0.3, 0.4) is 0 Å². The van der Waals surface area contributed by atoms with Crippen LogP contribution in [0.2, 0.25) is 0 Å². The molecule has 100 valence electrons. The van der Waals surface area contributed by atoms with Gasteiger partial charge in [0, 0.05) is 30.8 Å². The molecule has 0 saturated heterocycles. The Kier molecular flexibility index (Phi) is 4.46. The Morgan fingerprint density at radius 2 is 1.95 bits per heavy atom. The van der Waals surface area contributed by atoms with Gasteiger partial charge in [-0.15, -0.1) is 0 Å². The van der Waals surface area contributed by atoms with E-state index in [9.17, 15) is 0 Å². The second-order valence-electron chi connectivity index (χ2n) is 4.22. The number of methoxy groups -OCH3 is 1. The van der Waals surface area contributed by atoms with Crippen LogP contribution in [0, 0.1) is 0 Å². The van der Waals surface area contributed by atoms with Crippen LogP contribution < -0.4 is 17.0 Å². The van der Waals surface area contributed by atoms with E-state index in [4.69, 9.17) is 16.3 Å². The zero-order valence-corrected chi connectivity index (χ0v) is 10.8. The molecule has 2 atom stereocenters. The van der Waals surface area contributed by atoms with E-state index in [1.165, 1.54) is 0 Å². The lowest BCUT2D eigenvalue weighted by Crippen LogP contribution is -2.34. The normalized spacial score (nSPS) is 14.0. The van der Waals surface area contributed by atoms with Crippen molar-refractivity contribution < 1.29 is 4.74 Å². The van der Waals surface area contributed by atoms with Gasteiger partial charge < -0.3 is 10.5 Å². The smallest absolute Gasteiger partial charge is 0.103 e. The number of pyridine rings is 1. The lowest BCUT2D eigenvalue weighted by molar-refractivity contribution is 0.0677. The van der Waals surface area contributed by atoms with Gasteiger partial charge in [0.1, 0.15) is 6.10 Å². The van der Waals surface area contributed by atoms with Gasteiger partial charge in [0.05, 0.1) is 6.04 Å². The Bertz CT molecular complexity index is 518. The van der Waals surface area contributed by atoms with Crippen molar-refractivity contribution in [1.29, 1.82) is 0 Å². The van der Waals surface area contributed by atoms with Crippen LogP contribution in [0.5, 0.6) is 0 Å². The molecule has 5 heteroatoms. The fourth-order valence-electron chi connectivity index (χ4n) is 2.12. The monoisotopic (exact) mass is 258 g/mol. The maximum absolute atomic E-state index is 5.98. The molecule has 0 amide bonds. The van der Waals surface area contributed by atoms with Crippen LogP contribution in [0.25, 0.3) is 0 Å². The minimum Gasteiger partial charge on any atom is -0.398 e. The molecule has 0 spiro atoms. The Labute approximate surface area is 112 Å². The summed E-state index contributed by atoms with van der Waals surface area (Å²) >= 11 is 0. The molecule has 0 fully saturated rings. The molecular weight excluding hydrogens is 240 g/mol. The number of nitrogen functional groups attached to an aromatic ring is 1. The van der Waals surface area contributed by atoms with Gasteiger partial charge in [-0.1, -0.05) is 30.3 Å². The minimum absolute atomic E-state index is 0.238. The highest BCUT2D eigenvalue weighted by Crippen LogP contribution is 2.33. The van der Waals surface area contributed by atoms with Crippen molar-refractivity contribution in [3.63, 3.8) is 0 Å². The van der Waals surface area contributed by atoms with Crippen molar-refractivity contribution >= 4 is 5.69 Å². The molecule has 0 aliphatic carbocycles. The number of hydrogen-bond acceptors (Lipinski definition) is 5. The molecule has 0 aliphatic rings. The Morgan fingerprint density at radius 1 is 1.21 bits per heavy atom. The van der Waals surface area contributed by atoms with E-state index in [2.05, 4.69) is 10.4 Å². The maximum Gasteiger partial charge on any atom is 0.103 e. The van der Waals surface area contributed by atoms with E-state index in [0.717, 1.165) is 11.1 Å². The first-order chi connectivity index (χ1) is 9.27. The summed E-state index contributed by atoms with van der Waals surface area (Å²) < 4.78 is 5.57. The summed E-state index contributed by atoms with van der Waals surface area (Å²) in [4.78, 5) is 4.09. The molecule has 1 aromatic carbocycles. The number of nitrogens with two attached hydrogens (primary N) is 2. The highest BCUT2D eigenvalue weighted by atomic mass is 16.5. The summed E-state index contributed by atoms with van der Waals surface area (Å²) in [5, 5.41) is 0. The van der Waals surface area contributed by atoms with Gasteiger partial charge >= 0.3 is 0 Å². The van der Waals surface area contributed by atoms with E-state index in [1.807, 2.05) is 30.3 Å². The van der Waals surface area contributed by atoms with Gasteiger partial charge in [-0.2, -0.15) is 0 Å². The van der Waals surface area contributed by atoms with Crippen molar-refractivity contribution in [2.45, 2.75) is 12.1 Å². The van der Waals surface area contributed by atoms with Gasteiger partial charge in [-0.05, 0) is 11.6 Å². The number of hydrazine groups is 1. The maximum atomic E-state index is 5.98. The van der Waals surface area contributed by atoms with E-state index in [-0.39, 0.29) is 12.1 Å². The van der Waals surface area contributed by atoms with Crippen molar-refractivity contribution in [3.8, 4) is 0 Å². The average molecular weight is 258 g/mol. The molecule has 19 heavy (non-hydrogen) atoms. The predicted octanol–water partition coefficient (Wildman–Crippen LogP) is 1.56. The molecule has 5 nitrogen and oxygen atoms in total. The topological polar surface area (TPSA) is 86.2 Å². The molecule has 0 saturated carbocycles. The summed E-state index contributed by atoms with van der Waals surface area (Å²) in [6.45, 7) is 0. The lowest BCUT2D eigenvalue weighted by atomic mass is 9.96. The van der Waals surface area contributed by atoms with Crippen LogP contribution in [0.1, 0.15) is 23.3 Å². The van der Waals surface area contributed by atoms with Gasteiger partial charge in [-0.3, -0.25) is 10.8 Å². The number of nitrogens with zero attached hydrogens (tertiary/aromatic N) is 1. The molecule has 1 heterocycles. The first-order valence-corrected chi connectivity index (χ1v) is 6.01. The van der Waals surface area contributed by atoms with Crippen molar-refractivity contribution in [3.05, 3.63) is 59.9 Å². The first-order valence-electron chi connectivity index (χ1n) is 6.01. The van der Waals surface area contributed by atoms with Crippen molar-refractivity contribution in [2.24, 2.45) is 5.84 Å². The number of nitrogens with one attached hydrogen (secondary N) is 1. The zero-order valence-electron chi connectivity index (χ0n) is 10.8. The molecule has 0 radical (unpaired) electrons. The van der Waals surface area contributed by atoms with E-state index in [0.29, 0.717) is 5.69 Å². The summed E-state index contributed by atoms with van der Waals surface area (Å²) in [6.07, 6.45) is 3.11. The molecule has 0 bridgehead atoms. The number of benzene rings is 1. The molecule has 0 aliphatic heterocycles. The Morgan fingerprint density at radius 3 is 2.53 bits per heavy atom. The summed E-state index contributed by atoms with van der Waals surface area (Å²) in [5.74, 6) is 5.67. The van der Waals surface area contributed by atoms with Crippen molar-refractivity contribution in [1.82, 2.24) is 10.4 Å². The fraction of sp³-hybridized carbons (Fsp3) is 0.214. The van der Waals surface area contributed by atoms with Gasteiger partial charge in [0.15, 0.2) is 0 Å². The van der Waals surface area contributed by atoms with Crippen LogP contribution in [-0.2, 0) is 4.74 Å². The quantitative estimate of drug-likeness (QED) is 0.559. The Balaban J connectivity index is 2.38. The fourth-order valence-corrected chi connectivity index (χ4v) is 2.12. The molecule has 2 aromatic rings. The van der Waals surface area contributed by atoms with E-state index >= 15 is 0 Å². The summed E-state index contributed by atoms with van der Waals surface area (Å²) in [7, 11) is 1.65. The third kappa shape index (κ3) is 2.90. The average Bonchev–Trinajstić information content (AvgIpc) is 2.46. The predicted molar refractivity (Wildman–Crippen MR) is 74.9 cm³/mol. The summed E-state index contributed by atoms with van der Waals surface area (Å²) in [6, 6.07) is 11.3. The van der Waals surface area contributed by atoms with Crippen LogP contribution >= 0.6 is 0 Å². The molecule has 1 aromatic heterocycles. The lowest BCUT2D eigenvalue weighted by Gasteiger charge is -2.26. The highest BCUT2D eigenvalue weighted by Gasteiger charge is 2.25. The van der Waals surface area contributed by atoms with Gasteiger partial charge in [0.25, 0.3) is 0 Å². The number of anilines is 1. The van der Waals surface area contributed by atoms with Crippen LogP contribution in [0.15, 0.2) is 48.8 Å². The zero-order chi connectivity index (χ0) is 13.7. The molecular formula is C14H18N4O. The highest BCUT2D eigenvalue weighted by molar-refractivity contribution is 5.47. The third-order valence-corrected chi connectivity index (χ3v) is 3.09. The van der Waals surface area contributed by atoms with Gasteiger partial charge in [0.2, 0.25) is 0 Å². The van der Waals surface area contributed by atoms with Gasteiger partial charge in [-0.25, -0.2) is 5.43 Å². The second kappa shape index (κ2) is 6.29. The molecule has 2 unspecified atom stereocenters. The SMILES string of the molecule is COC(c1ccccc1)C(NN)c1cnccc1N. The van der Waals surface area contributed by atoms with Crippen LogP contribution in [0.4, 0.5) is 5.69 Å². The Hall–Kier alpha value is -1.95. The number of rotatable bonds is 5. The number of ether oxygens (including phenoxy) is 1. The largest absolute Gasteiger partial charge is 0.398 e. The standard InChI is InChI=1S/C14H18N4O/c1-19-14(10-5-3-2-4-6-10)13(18-16)11-9-17-8-7-12(11)15/h2-9,13-14,18H,16H2,1H3,(H2,15,17). The summed E-state index contributed by atoms with van der Waals surface area (Å²) in [5.41, 5.74) is 11.2. The molecule has 5 N–H and O–H groups in total. The van der Waals surface area contributed by atoms with Crippen LogP contribution in [-0.4, -0.2) is 12.1 Å². The molecule has 2 rings (SSSR count). The first kappa shape index (κ1) is 13.5.